The van der Waals surface area contributed by atoms with Crippen LogP contribution in [0.25, 0.3) is 21.3 Å². The van der Waals surface area contributed by atoms with Crippen LogP contribution in [-0.4, -0.2) is 45.8 Å². The van der Waals surface area contributed by atoms with E-state index in [9.17, 15) is 21.6 Å². The predicted molar refractivity (Wildman–Crippen MR) is 183 cm³/mol. The van der Waals surface area contributed by atoms with Crippen LogP contribution in [0.4, 0.5) is 0 Å². The zero-order chi connectivity index (χ0) is 32.1. The van der Waals surface area contributed by atoms with Gasteiger partial charge in [-0.1, -0.05) is 127 Å². The highest BCUT2D eigenvalue weighted by Crippen LogP contribution is 2.42. The number of aromatic nitrogens is 1. The van der Waals surface area contributed by atoms with Crippen molar-refractivity contribution in [2.75, 3.05) is 18.1 Å². The van der Waals surface area contributed by atoms with Crippen LogP contribution in [0, 0.1) is 0 Å². The Morgan fingerprint density at radius 3 is 1.98 bits per heavy atom. The van der Waals surface area contributed by atoms with Gasteiger partial charge >= 0.3 is 0 Å². The number of unbranched alkanes of at least 4 members (excludes halogenated alkanes) is 11. The molecule has 0 bridgehead atoms. The lowest BCUT2D eigenvalue weighted by atomic mass is 9.98. The van der Waals surface area contributed by atoms with Gasteiger partial charge in [0.1, 0.15) is 5.01 Å². The number of hydrogen-bond acceptors (Lipinski definition) is 7. The Morgan fingerprint density at radius 2 is 1.41 bits per heavy atom. The van der Waals surface area contributed by atoms with Crippen molar-refractivity contribution in [3.05, 3.63) is 53.5 Å². The Balaban J connectivity index is 1.81. The van der Waals surface area contributed by atoms with Crippen LogP contribution in [0.3, 0.4) is 0 Å². The second kappa shape index (κ2) is 17.4. The molecule has 0 aliphatic carbocycles. The average molecular weight is 664 g/mol. The van der Waals surface area contributed by atoms with Gasteiger partial charge in [0, 0.05) is 12.3 Å². The molecule has 44 heavy (non-hydrogen) atoms. The molecule has 1 amide bonds. The number of nitrogens with two attached hydrogens (primary N) is 1. The molecule has 0 radical (unpaired) electrons. The number of carbonyl (C=O) groups is 1. The third-order valence-electron chi connectivity index (χ3n) is 8.17. The van der Waals surface area contributed by atoms with Crippen molar-refractivity contribution in [2.45, 2.75) is 102 Å². The molecule has 0 aliphatic heterocycles. The van der Waals surface area contributed by atoms with Crippen LogP contribution in [-0.2, 0) is 29.4 Å². The highest BCUT2D eigenvalue weighted by atomic mass is 32.2. The summed E-state index contributed by atoms with van der Waals surface area (Å²) in [4.78, 5) is 18.6. The first-order valence-electron chi connectivity index (χ1n) is 16.0. The molecule has 1 aromatic heterocycles. The summed E-state index contributed by atoms with van der Waals surface area (Å²) in [6.45, 7) is 3.48. The van der Waals surface area contributed by atoms with Crippen LogP contribution in [0.15, 0.2) is 48.5 Å². The lowest BCUT2D eigenvalue weighted by Crippen LogP contribution is -2.51. The normalized spacial score (nSPS) is 13.6. The highest BCUT2D eigenvalue weighted by molar-refractivity contribution is 7.93. The summed E-state index contributed by atoms with van der Waals surface area (Å²) < 4.78 is 49.7. The molecule has 1 atom stereocenters. The summed E-state index contributed by atoms with van der Waals surface area (Å²) in [6.07, 6.45) is 13.5. The van der Waals surface area contributed by atoms with Crippen molar-refractivity contribution < 1.29 is 21.6 Å². The lowest BCUT2D eigenvalue weighted by molar-refractivity contribution is -0.124. The van der Waals surface area contributed by atoms with Gasteiger partial charge in [-0.15, -0.1) is 11.3 Å². The van der Waals surface area contributed by atoms with Crippen molar-refractivity contribution in [2.24, 2.45) is 5.14 Å². The van der Waals surface area contributed by atoms with Crippen LogP contribution >= 0.6 is 11.3 Å². The topological polar surface area (TPSA) is 136 Å². The third-order valence-corrected chi connectivity index (χ3v) is 12.7. The van der Waals surface area contributed by atoms with E-state index in [1.54, 1.807) is 0 Å². The zero-order valence-electron chi connectivity index (χ0n) is 26.2. The van der Waals surface area contributed by atoms with E-state index in [0.717, 1.165) is 41.5 Å². The number of sulfone groups is 1. The highest BCUT2D eigenvalue weighted by Gasteiger charge is 2.53. The summed E-state index contributed by atoms with van der Waals surface area (Å²) in [6, 6.07) is 15.6. The number of benzene rings is 2. The standard InChI is InChI=1S/C33H49N3O5S3/c1-3-5-6-7-8-9-10-11-12-13-14-18-23-33(43(38,39)4-2,31(37)35-24-25-44(34,40)41)32-36-29-22-21-28(26-30(29)42-32)27-19-16-15-17-20-27/h15-17,19-22,26H,3-14,18,23-25H2,1-2H3,(H,35,37)(H2,34,40,41). The van der Waals surface area contributed by atoms with Gasteiger partial charge in [-0.05, 0) is 29.7 Å². The molecule has 0 saturated heterocycles. The number of amides is 1. The molecule has 244 valence electrons. The van der Waals surface area contributed by atoms with E-state index in [0.29, 0.717) is 11.9 Å². The van der Waals surface area contributed by atoms with Gasteiger partial charge in [-0.25, -0.2) is 27.0 Å². The van der Waals surface area contributed by atoms with E-state index < -0.39 is 36.3 Å². The molecule has 3 rings (SSSR count). The number of nitrogens with one attached hydrogen (secondary N) is 1. The molecule has 2 aromatic carbocycles. The monoisotopic (exact) mass is 663 g/mol. The first-order chi connectivity index (χ1) is 21.0. The Labute approximate surface area is 268 Å². The smallest absolute Gasteiger partial charge is 0.248 e. The molecule has 3 aromatic rings. The molecular formula is C33H49N3O5S3. The molecule has 0 aliphatic rings. The fraction of sp³-hybridized carbons (Fsp3) is 0.576. The van der Waals surface area contributed by atoms with E-state index >= 15 is 0 Å². The number of nitrogens with zero attached hydrogens (tertiary/aromatic N) is 1. The summed E-state index contributed by atoms with van der Waals surface area (Å²) in [5.41, 5.74) is 2.61. The fourth-order valence-corrected chi connectivity index (χ4v) is 9.19. The van der Waals surface area contributed by atoms with E-state index in [4.69, 9.17) is 10.1 Å². The van der Waals surface area contributed by atoms with Gasteiger partial charge in [-0.2, -0.15) is 0 Å². The van der Waals surface area contributed by atoms with Crippen LogP contribution < -0.4 is 10.5 Å². The summed E-state index contributed by atoms with van der Waals surface area (Å²) in [7, 11) is -7.85. The summed E-state index contributed by atoms with van der Waals surface area (Å²) in [5, 5.41) is 7.95. The fourth-order valence-electron chi connectivity index (χ4n) is 5.57. The maximum absolute atomic E-state index is 13.9. The van der Waals surface area contributed by atoms with Gasteiger partial charge < -0.3 is 5.32 Å². The van der Waals surface area contributed by atoms with Gasteiger partial charge in [0.05, 0.1) is 16.0 Å². The number of fused-ring (bicyclic) bond motifs is 1. The number of rotatable bonds is 21. The average Bonchev–Trinajstić information content (AvgIpc) is 3.43. The van der Waals surface area contributed by atoms with Crippen molar-refractivity contribution >= 4 is 47.3 Å². The lowest BCUT2D eigenvalue weighted by Gasteiger charge is -2.30. The quantitative estimate of drug-likeness (QED) is 0.117. The molecule has 8 nitrogen and oxygen atoms in total. The first-order valence-corrected chi connectivity index (χ1v) is 20.2. The molecule has 0 fully saturated rings. The van der Waals surface area contributed by atoms with Crippen LogP contribution in [0.5, 0.6) is 0 Å². The molecule has 0 saturated carbocycles. The molecule has 1 unspecified atom stereocenters. The molecule has 1 heterocycles. The zero-order valence-corrected chi connectivity index (χ0v) is 28.7. The number of primary sulfonamides is 1. The van der Waals surface area contributed by atoms with Gasteiger partial charge in [0.25, 0.3) is 0 Å². The van der Waals surface area contributed by atoms with Gasteiger partial charge in [0.2, 0.25) is 20.7 Å². The van der Waals surface area contributed by atoms with Crippen molar-refractivity contribution in [1.29, 1.82) is 0 Å². The Morgan fingerprint density at radius 1 is 0.818 bits per heavy atom. The molecular weight excluding hydrogens is 615 g/mol. The molecule has 3 N–H and O–H groups in total. The molecule has 0 spiro atoms. The number of sulfonamides is 1. The number of thiazole rings is 1. The second-order valence-electron chi connectivity index (χ2n) is 11.6. The summed E-state index contributed by atoms with van der Waals surface area (Å²) >= 11 is 1.21. The molecule has 11 heteroatoms. The van der Waals surface area contributed by atoms with Crippen molar-refractivity contribution in [3.8, 4) is 11.1 Å². The Kier molecular flexibility index (Phi) is 14.3. The van der Waals surface area contributed by atoms with E-state index in [-0.39, 0.29) is 23.7 Å². The summed E-state index contributed by atoms with van der Waals surface area (Å²) in [5.74, 6) is -1.48. The second-order valence-corrected chi connectivity index (χ2v) is 16.8. The maximum atomic E-state index is 13.9. The Bertz CT molecular complexity index is 1540. The number of carbonyl (C=O) groups excluding carboxylic acids is 1. The number of hydrogen-bond donors (Lipinski definition) is 2. The maximum Gasteiger partial charge on any atom is 0.248 e. The van der Waals surface area contributed by atoms with E-state index in [1.807, 2.05) is 48.5 Å². The van der Waals surface area contributed by atoms with Crippen LogP contribution in [0.2, 0.25) is 0 Å². The van der Waals surface area contributed by atoms with E-state index in [2.05, 4.69) is 12.2 Å². The SMILES string of the molecule is CCCCCCCCCCCCCCC(C(=O)NCCS(N)(=O)=O)(c1nc2ccc(-c3ccccc3)cc2s1)S(=O)(=O)CC. The largest absolute Gasteiger partial charge is 0.353 e. The Hall–Kier alpha value is -2.34. The predicted octanol–water partition coefficient (Wildman–Crippen LogP) is 7.09. The van der Waals surface area contributed by atoms with E-state index in [1.165, 1.54) is 63.2 Å². The van der Waals surface area contributed by atoms with Crippen LogP contribution in [0.1, 0.15) is 102 Å². The minimum atomic E-state index is -4.01. The minimum absolute atomic E-state index is 0.0766. The minimum Gasteiger partial charge on any atom is -0.353 e. The van der Waals surface area contributed by atoms with Crippen molar-refractivity contribution in [3.63, 3.8) is 0 Å². The van der Waals surface area contributed by atoms with Gasteiger partial charge in [0.15, 0.2) is 9.84 Å². The third kappa shape index (κ3) is 10.1. The first kappa shape index (κ1) is 36.1. The van der Waals surface area contributed by atoms with Gasteiger partial charge in [-0.3, -0.25) is 4.79 Å². The van der Waals surface area contributed by atoms with Crippen molar-refractivity contribution in [1.82, 2.24) is 10.3 Å².